The summed E-state index contributed by atoms with van der Waals surface area (Å²) in [5.74, 6) is -1.57. The number of amides is 3. The molecule has 0 saturated carbocycles. The maximum atomic E-state index is 12.7. The van der Waals surface area contributed by atoms with E-state index in [4.69, 9.17) is 4.42 Å². The van der Waals surface area contributed by atoms with Gasteiger partial charge in [-0.2, -0.15) is 0 Å². The van der Waals surface area contributed by atoms with Gasteiger partial charge in [-0.1, -0.05) is 0 Å². The van der Waals surface area contributed by atoms with Crippen molar-refractivity contribution < 1.29 is 23.7 Å². The Kier molecular flexibility index (Phi) is 4.88. The number of hydrogen-bond donors (Lipinski definition) is 1. The van der Waals surface area contributed by atoms with Gasteiger partial charge in [-0.3, -0.25) is 29.4 Å². The molecule has 1 aliphatic heterocycles. The van der Waals surface area contributed by atoms with E-state index in [1.54, 1.807) is 12.1 Å². The number of pyridine rings is 1. The largest absolute Gasteiger partial charge is 0.467 e. The minimum absolute atomic E-state index is 0.0319. The SMILES string of the molecule is O=C(Nc1ncc(Br)cc1[N+](=O)[O-])c1ccc2c(c1)C(=O)N(Cc1ccco1)C2=O. The van der Waals surface area contributed by atoms with Gasteiger partial charge in [0, 0.05) is 22.3 Å². The number of hydrogen-bond acceptors (Lipinski definition) is 7. The van der Waals surface area contributed by atoms with Crippen molar-refractivity contribution in [2.24, 2.45) is 0 Å². The molecule has 0 atom stereocenters. The lowest BCUT2D eigenvalue weighted by atomic mass is 10.1. The van der Waals surface area contributed by atoms with Crippen molar-refractivity contribution in [3.8, 4) is 0 Å². The summed E-state index contributed by atoms with van der Waals surface area (Å²) >= 11 is 3.09. The second kappa shape index (κ2) is 7.52. The Labute approximate surface area is 176 Å². The van der Waals surface area contributed by atoms with Gasteiger partial charge in [-0.15, -0.1) is 0 Å². The monoisotopic (exact) mass is 470 g/mol. The molecular formula is C19H11BrN4O6. The van der Waals surface area contributed by atoms with Crippen LogP contribution in [0.3, 0.4) is 0 Å². The van der Waals surface area contributed by atoms with Crippen molar-refractivity contribution in [3.05, 3.63) is 85.9 Å². The third-order valence-corrected chi connectivity index (χ3v) is 4.82. The fourth-order valence-electron chi connectivity index (χ4n) is 2.98. The van der Waals surface area contributed by atoms with E-state index in [9.17, 15) is 24.5 Å². The lowest BCUT2D eigenvalue weighted by Crippen LogP contribution is -2.28. The predicted molar refractivity (Wildman–Crippen MR) is 106 cm³/mol. The highest BCUT2D eigenvalue weighted by atomic mass is 79.9. The Hall–Kier alpha value is -3.86. The smallest absolute Gasteiger partial charge is 0.312 e. The quantitative estimate of drug-likeness (QED) is 0.342. The van der Waals surface area contributed by atoms with Crippen molar-refractivity contribution in [2.75, 3.05) is 5.32 Å². The molecule has 4 rings (SSSR count). The molecule has 3 amide bonds. The number of furan rings is 1. The molecule has 0 radical (unpaired) electrons. The van der Waals surface area contributed by atoms with E-state index in [1.807, 2.05) is 0 Å². The van der Waals surface area contributed by atoms with Crippen LogP contribution in [-0.4, -0.2) is 32.5 Å². The van der Waals surface area contributed by atoms with Crippen LogP contribution in [0.1, 0.15) is 36.8 Å². The number of rotatable bonds is 5. The number of fused-ring (bicyclic) bond motifs is 1. The molecular weight excluding hydrogens is 460 g/mol. The molecule has 10 nitrogen and oxygen atoms in total. The van der Waals surface area contributed by atoms with Gasteiger partial charge in [0.1, 0.15) is 5.76 Å². The Bertz CT molecular complexity index is 1210. The van der Waals surface area contributed by atoms with Gasteiger partial charge >= 0.3 is 5.69 Å². The number of nitro groups is 1. The van der Waals surface area contributed by atoms with E-state index in [2.05, 4.69) is 26.2 Å². The lowest BCUT2D eigenvalue weighted by molar-refractivity contribution is -0.384. The normalized spacial score (nSPS) is 12.8. The summed E-state index contributed by atoms with van der Waals surface area (Å²) in [6.07, 6.45) is 2.74. The van der Waals surface area contributed by atoms with E-state index in [1.165, 1.54) is 36.7 Å². The third kappa shape index (κ3) is 3.46. The van der Waals surface area contributed by atoms with Crippen LogP contribution in [0, 0.1) is 10.1 Å². The molecule has 0 unspecified atom stereocenters. The van der Waals surface area contributed by atoms with E-state index < -0.39 is 28.3 Å². The zero-order chi connectivity index (χ0) is 21.4. The van der Waals surface area contributed by atoms with Crippen LogP contribution in [0.2, 0.25) is 0 Å². The van der Waals surface area contributed by atoms with Gasteiger partial charge in [-0.05, 0) is 46.3 Å². The molecule has 0 aliphatic carbocycles. The van der Waals surface area contributed by atoms with Crippen LogP contribution in [0.4, 0.5) is 11.5 Å². The number of imide groups is 1. The maximum absolute atomic E-state index is 12.7. The molecule has 0 bridgehead atoms. The second-order valence-corrected chi connectivity index (χ2v) is 7.18. The third-order valence-electron chi connectivity index (χ3n) is 4.39. The zero-order valence-corrected chi connectivity index (χ0v) is 16.6. The zero-order valence-electron chi connectivity index (χ0n) is 15.0. The Morgan fingerprint density at radius 1 is 1.20 bits per heavy atom. The van der Waals surface area contributed by atoms with E-state index >= 15 is 0 Å². The molecule has 1 aliphatic rings. The minimum Gasteiger partial charge on any atom is -0.467 e. The molecule has 0 spiro atoms. The highest BCUT2D eigenvalue weighted by Gasteiger charge is 2.36. The summed E-state index contributed by atoms with van der Waals surface area (Å²) in [6, 6.07) is 8.50. The lowest BCUT2D eigenvalue weighted by Gasteiger charge is -2.11. The standard InChI is InChI=1S/C19H11BrN4O6/c20-11-7-15(24(28)29)16(21-8-11)22-17(25)10-3-4-13-14(6-10)19(27)23(18(13)26)9-12-2-1-5-30-12/h1-8H,9H2,(H,21,22,25). The van der Waals surface area contributed by atoms with Crippen molar-refractivity contribution >= 4 is 45.2 Å². The van der Waals surface area contributed by atoms with Crippen LogP contribution < -0.4 is 5.32 Å². The van der Waals surface area contributed by atoms with Gasteiger partial charge in [-0.25, -0.2) is 4.98 Å². The van der Waals surface area contributed by atoms with Crippen LogP contribution in [0.15, 0.2) is 57.7 Å². The second-order valence-electron chi connectivity index (χ2n) is 6.27. The highest BCUT2D eigenvalue weighted by molar-refractivity contribution is 9.10. The van der Waals surface area contributed by atoms with Gasteiger partial charge in [0.15, 0.2) is 0 Å². The first-order valence-electron chi connectivity index (χ1n) is 8.49. The van der Waals surface area contributed by atoms with Crippen LogP contribution in [0.25, 0.3) is 0 Å². The number of aromatic nitrogens is 1. The summed E-state index contributed by atoms with van der Waals surface area (Å²) in [7, 11) is 0. The van der Waals surface area contributed by atoms with Gasteiger partial charge < -0.3 is 9.73 Å². The molecule has 2 aromatic heterocycles. The van der Waals surface area contributed by atoms with Crippen molar-refractivity contribution in [1.82, 2.24) is 9.88 Å². The fourth-order valence-corrected chi connectivity index (χ4v) is 3.30. The predicted octanol–water partition coefficient (Wildman–Crippen LogP) is 3.39. The molecule has 3 aromatic rings. The topological polar surface area (TPSA) is 136 Å². The average molecular weight is 471 g/mol. The molecule has 150 valence electrons. The van der Waals surface area contributed by atoms with Crippen LogP contribution >= 0.6 is 15.9 Å². The van der Waals surface area contributed by atoms with Crippen molar-refractivity contribution in [3.63, 3.8) is 0 Å². The summed E-state index contributed by atoms with van der Waals surface area (Å²) in [6.45, 7) is -0.0319. The summed E-state index contributed by atoms with van der Waals surface area (Å²) in [4.78, 5) is 53.2. The number of carbonyl (C=O) groups is 3. The summed E-state index contributed by atoms with van der Waals surface area (Å²) in [5, 5.41) is 13.6. The number of anilines is 1. The molecule has 3 heterocycles. The minimum atomic E-state index is -0.708. The Balaban J connectivity index is 1.59. The van der Waals surface area contributed by atoms with E-state index in [0.717, 1.165) is 4.90 Å². The van der Waals surface area contributed by atoms with Gasteiger partial charge in [0.2, 0.25) is 5.82 Å². The first-order valence-corrected chi connectivity index (χ1v) is 9.28. The van der Waals surface area contributed by atoms with Crippen LogP contribution in [-0.2, 0) is 6.54 Å². The summed E-state index contributed by atoms with van der Waals surface area (Å²) in [5.41, 5.74) is -0.114. The molecule has 30 heavy (non-hydrogen) atoms. The average Bonchev–Trinajstić information content (AvgIpc) is 3.32. The van der Waals surface area contributed by atoms with E-state index in [0.29, 0.717) is 10.2 Å². The number of halogens is 1. The summed E-state index contributed by atoms with van der Waals surface area (Å²) < 4.78 is 5.56. The van der Waals surface area contributed by atoms with E-state index in [-0.39, 0.29) is 29.1 Å². The Morgan fingerprint density at radius 3 is 2.67 bits per heavy atom. The van der Waals surface area contributed by atoms with Crippen LogP contribution in [0.5, 0.6) is 0 Å². The van der Waals surface area contributed by atoms with Gasteiger partial charge in [0.05, 0.1) is 28.9 Å². The molecule has 0 saturated heterocycles. The maximum Gasteiger partial charge on any atom is 0.312 e. The van der Waals surface area contributed by atoms with Crippen molar-refractivity contribution in [1.29, 1.82) is 0 Å². The number of nitrogens with zero attached hydrogens (tertiary/aromatic N) is 3. The highest BCUT2D eigenvalue weighted by Crippen LogP contribution is 2.28. The van der Waals surface area contributed by atoms with Gasteiger partial charge in [0.25, 0.3) is 17.7 Å². The van der Waals surface area contributed by atoms with Crippen molar-refractivity contribution in [2.45, 2.75) is 6.54 Å². The molecule has 1 N–H and O–H groups in total. The first kappa shape index (κ1) is 19.5. The number of benzene rings is 1. The molecule has 0 fully saturated rings. The fraction of sp³-hybridized carbons (Fsp3) is 0.0526. The number of carbonyl (C=O) groups excluding carboxylic acids is 3. The Morgan fingerprint density at radius 2 is 1.97 bits per heavy atom. The number of nitrogens with one attached hydrogen (secondary N) is 1. The molecule has 11 heteroatoms. The molecule has 1 aromatic carbocycles. The first-order chi connectivity index (χ1) is 14.3.